The summed E-state index contributed by atoms with van der Waals surface area (Å²) in [5, 5.41) is 2.81. The number of ether oxygens (including phenoxy) is 4. The Morgan fingerprint density at radius 3 is 2.22 bits per heavy atom. The highest BCUT2D eigenvalue weighted by atomic mass is 16.5. The second-order valence-electron chi connectivity index (χ2n) is 7.93. The molecule has 0 aromatic heterocycles. The molecule has 3 rings (SSSR count). The Hall–Kier alpha value is -4.26. The number of benzene rings is 3. The number of methoxy groups -OCH3 is 2. The largest absolute Gasteiger partial charge is 0.497 e. The van der Waals surface area contributed by atoms with Crippen molar-refractivity contribution >= 4 is 23.6 Å². The number of carbonyl (C=O) groups is 2. The Bertz CT molecular complexity index is 1170. The zero-order valence-electron chi connectivity index (χ0n) is 20.8. The van der Waals surface area contributed by atoms with Crippen LogP contribution in [0, 0.1) is 0 Å². The van der Waals surface area contributed by atoms with Crippen molar-refractivity contribution in [2.75, 3.05) is 26.1 Å². The van der Waals surface area contributed by atoms with E-state index in [4.69, 9.17) is 18.9 Å². The van der Waals surface area contributed by atoms with Crippen LogP contribution in [0.5, 0.6) is 23.0 Å². The SMILES string of the molecule is CCCCCOc1ccc(/C=C/C(=O)Oc2ccc(C(=O)Nc3ccc(OC)cc3)cc2)cc1OC. The molecule has 3 aromatic carbocycles. The van der Waals surface area contributed by atoms with E-state index in [9.17, 15) is 9.59 Å². The third kappa shape index (κ3) is 7.91. The molecular weight excluding hydrogens is 458 g/mol. The zero-order valence-corrected chi connectivity index (χ0v) is 20.8. The van der Waals surface area contributed by atoms with E-state index in [-0.39, 0.29) is 5.91 Å². The minimum Gasteiger partial charge on any atom is -0.497 e. The number of hydrogen-bond acceptors (Lipinski definition) is 6. The van der Waals surface area contributed by atoms with Gasteiger partial charge in [0.2, 0.25) is 0 Å². The molecule has 0 radical (unpaired) electrons. The molecule has 7 heteroatoms. The van der Waals surface area contributed by atoms with E-state index in [1.54, 1.807) is 74.9 Å². The van der Waals surface area contributed by atoms with Crippen molar-refractivity contribution in [2.24, 2.45) is 0 Å². The molecule has 0 spiro atoms. The van der Waals surface area contributed by atoms with Gasteiger partial charge in [0.05, 0.1) is 20.8 Å². The van der Waals surface area contributed by atoms with Gasteiger partial charge in [-0.25, -0.2) is 4.79 Å². The third-order valence-corrected chi connectivity index (χ3v) is 5.29. The molecule has 0 atom stereocenters. The molecule has 1 amide bonds. The molecule has 0 aliphatic heterocycles. The van der Waals surface area contributed by atoms with E-state index in [2.05, 4.69) is 12.2 Å². The average Bonchev–Trinajstić information content (AvgIpc) is 2.91. The van der Waals surface area contributed by atoms with Gasteiger partial charge in [-0.2, -0.15) is 0 Å². The van der Waals surface area contributed by atoms with Crippen LogP contribution in [0.2, 0.25) is 0 Å². The number of carbonyl (C=O) groups excluding carboxylic acids is 2. The van der Waals surface area contributed by atoms with Crippen molar-refractivity contribution in [3.05, 3.63) is 83.9 Å². The van der Waals surface area contributed by atoms with E-state index in [1.165, 1.54) is 6.08 Å². The maximum Gasteiger partial charge on any atom is 0.336 e. The molecule has 3 aromatic rings. The van der Waals surface area contributed by atoms with E-state index < -0.39 is 5.97 Å². The number of amides is 1. The minimum atomic E-state index is -0.538. The fraction of sp³-hybridized carbons (Fsp3) is 0.241. The van der Waals surface area contributed by atoms with Crippen LogP contribution in [-0.4, -0.2) is 32.7 Å². The summed E-state index contributed by atoms with van der Waals surface area (Å²) < 4.78 is 21.6. The van der Waals surface area contributed by atoms with Gasteiger partial charge < -0.3 is 24.3 Å². The lowest BCUT2D eigenvalue weighted by Gasteiger charge is -2.11. The van der Waals surface area contributed by atoms with Crippen LogP contribution in [0.4, 0.5) is 5.69 Å². The normalized spacial score (nSPS) is 10.6. The average molecular weight is 490 g/mol. The van der Waals surface area contributed by atoms with Crippen LogP contribution in [0.25, 0.3) is 6.08 Å². The summed E-state index contributed by atoms with van der Waals surface area (Å²) in [7, 11) is 3.16. The predicted octanol–water partition coefficient (Wildman–Crippen LogP) is 6.14. The Morgan fingerprint density at radius 1 is 0.833 bits per heavy atom. The first-order valence-corrected chi connectivity index (χ1v) is 11.8. The van der Waals surface area contributed by atoms with Gasteiger partial charge in [0.25, 0.3) is 5.91 Å². The fourth-order valence-corrected chi connectivity index (χ4v) is 3.31. The molecule has 0 aliphatic carbocycles. The van der Waals surface area contributed by atoms with Gasteiger partial charge in [0.15, 0.2) is 11.5 Å². The highest BCUT2D eigenvalue weighted by Gasteiger charge is 2.09. The number of rotatable bonds is 12. The smallest absolute Gasteiger partial charge is 0.336 e. The highest BCUT2D eigenvalue weighted by molar-refractivity contribution is 6.04. The third-order valence-electron chi connectivity index (χ3n) is 5.29. The van der Waals surface area contributed by atoms with Crippen molar-refractivity contribution in [1.82, 2.24) is 0 Å². The first kappa shape index (κ1) is 26.3. The van der Waals surface area contributed by atoms with Gasteiger partial charge in [0.1, 0.15) is 11.5 Å². The summed E-state index contributed by atoms with van der Waals surface area (Å²) in [6, 6.07) is 18.8. The lowest BCUT2D eigenvalue weighted by molar-refractivity contribution is -0.128. The summed E-state index contributed by atoms with van der Waals surface area (Å²) in [5.74, 6) is 1.50. The zero-order chi connectivity index (χ0) is 25.8. The lowest BCUT2D eigenvalue weighted by Crippen LogP contribution is -2.12. The molecule has 0 saturated carbocycles. The van der Waals surface area contributed by atoms with E-state index >= 15 is 0 Å². The van der Waals surface area contributed by atoms with Crippen LogP contribution >= 0.6 is 0 Å². The van der Waals surface area contributed by atoms with Gasteiger partial charge in [-0.15, -0.1) is 0 Å². The molecular formula is C29H31NO6. The van der Waals surface area contributed by atoms with Crippen molar-refractivity contribution in [1.29, 1.82) is 0 Å². The Labute approximate surface area is 211 Å². The monoisotopic (exact) mass is 489 g/mol. The second-order valence-corrected chi connectivity index (χ2v) is 7.93. The van der Waals surface area contributed by atoms with E-state index in [0.717, 1.165) is 24.8 Å². The summed E-state index contributed by atoms with van der Waals surface area (Å²) in [5.41, 5.74) is 1.86. The van der Waals surface area contributed by atoms with Gasteiger partial charge in [0, 0.05) is 17.3 Å². The van der Waals surface area contributed by atoms with Crippen LogP contribution in [0.15, 0.2) is 72.8 Å². The lowest BCUT2D eigenvalue weighted by atomic mass is 10.2. The summed E-state index contributed by atoms with van der Waals surface area (Å²) in [6.07, 6.45) is 6.21. The first-order chi connectivity index (χ1) is 17.5. The Kier molecular flexibility index (Phi) is 9.94. The van der Waals surface area contributed by atoms with E-state index in [1.807, 2.05) is 12.1 Å². The van der Waals surface area contributed by atoms with Crippen LogP contribution < -0.4 is 24.3 Å². The summed E-state index contributed by atoms with van der Waals surface area (Å²) in [4.78, 5) is 24.7. The maximum absolute atomic E-state index is 12.4. The van der Waals surface area contributed by atoms with Crippen LogP contribution in [0.3, 0.4) is 0 Å². The highest BCUT2D eigenvalue weighted by Crippen LogP contribution is 2.29. The quantitative estimate of drug-likeness (QED) is 0.142. The fourth-order valence-electron chi connectivity index (χ4n) is 3.31. The standard InChI is InChI=1S/C29H31NO6/c1-4-5-6-19-35-26-17-7-21(20-27(26)34-3)8-18-28(31)36-25-13-9-22(10-14-25)29(32)30-23-11-15-24(33-2)16-12-23/h7-18,20H,4-6,19H2,1-3H3,(H,30,32)/b18-8+. The molecule has 0 fully saturated rings. The molecule has 0 aliphatic rings. The molecule has 36 heavy (non-hydrogen) atoms. The molecule has 0 unspecified atom stereocenters. The summed E-state index contributed by atoms with van der Waals surface area (Å²) >= 11 is 0. The van der Waals surface area contributed by atoms with E-state index in [0.29, 0.717) is 40.9 Å². The van der Waals surface area contributed by atoms with Gasteiger partial charge in [-0.05, 0) is 78.7 Å². The number of nitrogens with one attached hydrogen (secondary N) is 1. The number of hydrogen-bond donors (Lipinski definition) is 1. The van der Waals surface area contributed by atoms with Crippen molar-refractivity contribution in [3.63, 3.8) is 0 Å². The van der Waals surface area contributed by atoms with Crippen molar-refractivity contribution in [3.8, 4) is 23.0 Å². The van der Waals surface area contributed by atoms with Crippen LogP contribution in [0.1, 0.15) is 42.1 Å². The molecule has 1 N–H and O–H groups in total. The number of unbranched alkanes of at least 4 members (excludes halogenated alkanes) is 2. The number of esters is 1. The first-order valence-electron chi connectivity index (χ1n) is 11.8. The molecule has 188 valence electrons. The number of anilines is 1. The topological polar surface area (TPSA) is 83.1 Å². The molecule has 7 nitrogen and oxygen atoms in total. The Morgan fingerprint density at radius 2 is 1.56 bits per heavy atom. The molecule has 0 heterocycles. The summed E-state index contributed by atoms with van der Waals surface area (Å²) in [6.45, 7) is 2.78. The molecule has 0 saturated heterocycles. The van der Waals surface area contributed by atoms with Gasteiger partial charge in [-0.3, -0.25) is 4.79 Å². The van der Waals surface area contributed by atoms with Crippen LogP contribution in [-0.2, 0) is 4.79 Å². The Balaban J connectivity index is 1.54. The van der Waals surface area contributed by atoms with Crippen molar-refractivity contribution < 1.29 is 28.5 Å². The van der Waals surface area contributed by atoms with Crippen molar-refractivity contribution in [2.45, 2.75) is 26.2 Å². The predicted molar refractivity (Wildman–Crippen MR) is 140 cm³/mol. The minimum absolute atomic E-state index is 0.273. The maximum atomic E-state index is 12.4. The van der Waals surface area contributed by atoms with Gasteiger partial charge >= 0.3 is 5.97 Å². The van der Waals surface area contributed by atoms with Gasteiger partial charge in [-0.1, -0.05) is 25.8 Å². The second kappa shape index (κ2) is 13.6. The molecule has 0 bridgehead atoms.